The Morgan fingerprint density at radius 2 is 2.10 bits per heavy atom. The molecule has 0 amide bonds. The Morgan fingerprint density at radius 3 is 2.81 bits per heavy atom. The van der Waals surface area contributed by atoms with E-state index in [-0.39, 0.29) is 11.6 Å². The average molecular weight is 289 g/mol. The van der Waals surface area contributed by atoms with Gasteiger partial charge in [0.2, 0.25) is 0 Å². The Kier molecular flexibility index (Phi) is 3.52. The molecule has 1 atom stereocenters. The van der Waals surface area contributed by atoms with Gasteiger partial charge in [-0.3, -0.25) is 0 Å². The highest BCUT2D eigenvalue weighted by Crippen LogP contribution is 2.19. The average Bonchev–Trinajstić information content (AvgIpc) is 3.10. The van der Waals surface area contributed by atoms with Crippen LogP contribution in [-0.4, -0.2) is 29.8 Å². The van der Waals surface area contributed by atoms with Crippen molar-refractivity contribution in [1.29, 1.82) is 0 Å². The van der Waals surface area contributed by atoms with E-state index in [2.05, 4.69) is 58.1 Å². The molecular formula is C14H23N7. The Morgan fingerprint density at radius 1 is 1.29 bits per heavy atom. The maximum absolute atomic E-state index is 4.30. The lowest BCUT2D eigenvalue weighted by Crippen LogP contribution is -2.23. The van der Waals surface area contributed by atoms with Crippen LogP contribution in [0.15, 0.2) is 6.20 Å². The summed E-state index contributed by atoms with van der Waals surface area (Å²) >= 11 is 0. The highest BCUT2D eigenvalue weighted by molar-refractivity contribution is 5.04. The van der Waals surface area contributed by atoms with Gasteiger partial charge in [0.15, 0.2) is 0 Å². The van der Waals surface area contributed by atoms with Crippen molar-refractivity contribution in [3.8, 4) is 0 Å². The maximum atomic E-state index is 4.30. The first-order chi connectivity index (χ1) is 9.95. The first-order valence-electron chi connectivity index (χ1n) is 7.52. The van der Waals surface area contributed by atoms with E-state index in [0.717, 1.165) is 30.3 Å². The van der Waals surface area contributed by atoms with Crippen LogP contribution in [0.4, 0.5) is 0 Å². The van der Waals surface area contributed by atoms with E-state index in [1.807, 2.05) is 10.9 Å². The molecule has 0 bridgehead atoms. The van der Waals surface area contributed by atoms with E-state index in [4.69, 9.17) is 0 Å². The Hall–Kier alpha value is -1.76. The number of rotatable bonds is 4. The summed E-state index contributed by atoms with van der Waals surface area (Å²) in [4.78, 5) is 0. The highest BCUT2D eigenvalue weighted by atomic mass is 15.4. The fraction of sp³-hybridized carbons (Fsp3) is 0.714. The molecule has 0 aromatic carbocycles. The minimum atomic E-state index is -0.0370. The van der Waals surface area contributed by atoms with Crippen molar-refractivity contribution < 1.29 is 0 Å². The van der Waals surface area contributed by atoms with Crippen molar-refractivity contribution in [2.75, 3.05) is 0 Å². The van der Waals surface area contributed by atoms with Gasteiger partial charge < -0.3 is 9.88 Å². The first kappa shape index (κ1) is 14.2. The Bertz CT molecular complexity index is 620. The summed E-state index contributed by atoms with van der Waals surface area (Å²) in [7, 11) is 0. The van der Waals surface area contributed by atoms with Gasteiger partial charge in [-0.1, -0.05) is 5.21 Å². The summed E-state index contributed by atoms with van der Waals surface area (Å²) in [5, 5.41) is 20.4. The minimum Gasteiger partial charge on any atom is -0.314 e. The molecule has 1 N–H and O–H groups in total. The Labute approximate surface area is 124 Å². The zero-order chi connectivity index (χ0) is 15.0. The summed E-state index contributed by atoms with van der Waals surface area (Å²) < 4.78 is 4.12. The summed E-state index contributed by atoms with van der Waals surface area (Å²) in [6.45, 7) is 10.2. The number of nitrogens with one attached hydrogen (secondary N) is 1. The molecule has 114 valence electrons. The van der Waals surface area contributed by atoms with Crippen molar-refractivity contribution in [2.45, 2.75) is 65.2 Å². The summed E-state index contributed by atoms with van der Waals surface area (Å²) in [6.07, 6.45) is 4.21. The predicted molar refractivity (Wildman–Crippen MR) is 78.6 cm³/mol. The SMILES string of the molecule is CC(NCc1cn(C(C)(C)C)nn1)c1nnc2n1CCC2. The van der Waals surface area contributed by atoms with Gasteiger partial charge in [-0.25, -0.2) is 4.68 Å². The van der Waals surface area contributed by atoms with E-state index in [1.54, 1.807) is 0 Å². The van der Waals surface area contributed by atoms with Crippen molar-refractivity contribution in [3.05, 3.63) is 23.5 Å². The predicted octanol–water partition coefficient (Wildman–Crippen LogP) is 1.42. The lowest BCUT2D eigenvalue weighted by molar-refractivity contribution is 0.347. The number of nitrogens with zero attached hydrogens (tertiary/aromatic N) is 6. The van der Waals surface area contributed by atoms with Gasteiger partial charge >= 0.3 is 0 Å². The molecule has 1 unspecified atom stereocenters. The molecule has 2 aromatic heterocycles. The second-order valence-corrected chi connectivity index (χ2v) is 6.66. The fourth-order valence-electron chi connectivity index (χ4n) is 2.55. The van der Waals surface area contributed by atoms with E-state index < -0.39 is 0 Å². The molecule has 3 heterocycles. The van der Waals surface area contributed by atoms with Gasteiger partial charge in [-0.05, 0) is 34.1 Å². The van der Waals surface area contributed by atoms with Gasteiger partial charge in [0.05, 0.1) is 23.5 Å². The van der Waals surface area contributed by atoms with E-state index in [9.17, 15) is 0 Å². The van der Waals surface area contributed by atoms with Crippen molar-refractivity contribution in [2.24, 2.45) is 0 Å². The van der Waals surface area contributed by atoms with Gasteiger partial charge in [-0.15, -0.1) is 15.3 Å². The van der Waals surface area contributed by atoms with Crippen LogP contribution in [0, 0.1) is 0 Å². The lowest BCUT2D eigenvalue weighted by Gasteiger charge is -2.17. The monoisotopic (exact) mass is 289 g/mol. The van der Waals surface area contributed by atoms with Crippen LogP contribution >= 0.6 is 0 Å². The number of aromatic nitrogens is 6. The molecule has 7 nitrogen and oxygen atoms in total. The van der Waals surface area contributed by atoms with Crippen molar-refractivity contribution >= 4 is 0 Å². The van der Waals surface area contributed by atoms with Crippen LogP contribution in [0.5, 0.6) is 0 Å². The second-order valence-electron chi connectivity index (χ2n) is 6.66. The standard InChI is InChI=1S/C14H23N7/c1-10(13-18-17-12-6-5-7-20(12)13)15-8-11-9-21(19-16-11)14(2,3)4/h9-10,15H,5-8H2,1-4H3. The van der Waals surface area contributed by atoms with Gasteiger partial charge in [0, 0.05) is 19.5 Å². The zero-order valence-corrected chi connectivity index (χ0v) is 13.2. The largest absolute Gasteiger partial charge is 0.314 e. The number of hydrogen-bond acceptors (Lipinski definition) is 5. The molecule has 0 saturated heterocycles. The number of hydrogen-bond donors (Lipinski definition) is 1. The third kappa shape index (κ3) is 2.83. The third-order valence-electron chi connectivity index (χ3n) is 3.84. The highest BCUT2D eigenvalue weighted by Gasteiger charge is 2.21. The van der Waals surface area contributed by atoms with E-state index in [1.165, 1.54) is 6.42 Å². The normalized spacial score (nSPS) is 16.2. The van der Waals surface area contributed by atoms with Gasteiger partial charge in [0.25, 0.3) is 0 Å². The molecule has 0 saturated carbocycles. The summed E-state index contributed by atoms with van der Waals surface area (Å²) in [6, 6.07) is 0.157. The molecule has 2 aromatic rings. The van der Waals surface area contributed by atoms with Crippen LogP contribution in [0.1, 0.15) is 57.5 Å². The quantitative estimate of drug-likeness (QED) is 0.921. The van der Waals surface area contributed by atoms with E-state index in [0.29, 0.717) is 6.54 Å². The molecule has 1 aliphatic heterocycles. The van der Waals surface area contributed by atoms with Crippen molar-refractivity contribution in [1.82, 2.24) is 35.1 Å². The van der Waals surface area contributed by atoms with Crippen LogP contribution in [0.25, 0.3) is 0 Å². The van der Waals surface area contributed by atoms with Crippen LogP contribution in [0.3, 0.4) is 0 Å². The molecule has 7 heteroatoms. The molecule has 0 spiro atoms. The zero-order valence-electron chi connectivity index (χ0n) is 13.2. The third-order valence-corrected chi connectivity index (χ3v) is 3.84. The minimum absolute atomic E-state index is 0.0370. The number of aryl methyl sites for hydroxylation is 1. The fourth-order valence-corrected chi connectivity index (χ4v) is 2.55. The molecular weight excluding hydrogens is 266 g/mol. The van der Waals surface area contributed by atoms with Gasteiger partial charge in [0.1, 0.15) is 11.6 Å². The summed E-state index contributed by atoms with van der Waals surface area (Å²) in [5.74, 6) is 2.13. The molecule has 0 aliphatic carbocycles. The molecule has 1 aliphatic rings. The summed E-state index contributed by atoms with van der Waals surface area (Å²) in [5.41, 5.74) is 0.906. The first-order valence-corrected chi connectivity index (χ1v) is 7.52. The topological polar surface area (TPSA) is 73.5 Å². The van der Waals surface area contributed by atoms with Crippen LogP contribution in [-0.2, 0) is 25.0 Å². The molecule has 21 heavy (non-hydrogen) atoms. The van der Waals surface area contributed by atoms with Crippen LogP contribution < -0.4 is 5.32 Å². The van der Waals surface area contributed by atoms with E-state index >= 15 is 0 Å². The van der Waals surface area contributed by atoms with Gasteiger partial charge in [-0.2, -0.15) is 0 Å². The smallest absolute Gasteiger partial charge is 0.149 e. The Balaban J connectivity index is 1.63. The maximum Gasteiger partial charge on any atom is 0.149 e. The second kappa shape index (κ2) is 5.22. The van der Waals surface area contributed by atoms with Crippen molar-refractivity contribution in [3.63, 3.8) is 0 Å². The molecule has 3 rings (SSSR count). The molecule has 0 fully saturated rings. The van der Waals surface area contributed by atoms with Crippen LogP contribution in [0.2, 0.25) is 0 Å². The lowest BCUT2D eigenvalue weighted by atomic mass is 10.1. The molecule has 0 radical (unpaired) electrons. The number of fused-ring (bicyclic) bond motifs is 1.